The summed E-state index contributed by atoms with van der Waals surface area (Å²) in [5.74, 6) is 0.884. The fraction of sp³-hybridized carbons (Fsp3) is 0.467. The van der Waals surface area contributed by atoms with Gasteiger partial charge < -0.3 is 18.9 Å². The molecule has 1 N–H and O–H groups in total. The van der Waals surface area contributed by atoms with Crippen LogP contribution >= 0.6 is 0 Å². The second-order valence-electron chi connectivity index (χ2n) is 4.49. The molecule has 0 radical (unpaired) electrons. The molecule has 1 aromatic carbocycles. The van der Waals surface area contributed by atoms with Gasteiger partial charge in [-0.1, -0.05) is 0 Å². The molecular formula is C15H20N2O5. The minimum absolute atomic E-state index is 0.172. The number of aliphatic imine (C=N–C) groups is 1. The van der Waals surface area contributed by atoms with Gasteiger partial charge in [-0.3, -0.25) is 10.1 Å². The summed E-state index contributed by atoms with van der Waals surface area (Å²) in [6.45, 7) is 3.55. The van der Waals surface area contributed by atoms with Crippen molar-refractivity contribution in [1.29, 1.82) is 0 Å². The van der Waals surface area contributed by atoms with Crippen LogP contribution in [-0.2, 0) is 9.47 Å². The van der Waals surface area contributed by atoms with Crippen LogP contribution in [0.3, 0.4) is 0 Å². The smallest absolute Gasteiger partial charge is 0.291 e. The molecule has 0 saturated carbocycles. The van der Waals surface area contributed by atoms with E-state index >= 15 is 0 Å². The van der Waals surface area contributed by atoms with Crippen LogP contribution in [-0.4, -0.2) is 45.6 Å². The molecule has 0 aromatic heterocycles. The molecule has 1 aromatic rings. The van der Waals surface area contributed by atoms with Crippen molar-refractivity contribution in [3.8, 4) is 11.5 Å². The zero-order valence-corrected chi connectivity index (χ0v) is 12.8. The summed E-state index contributed by atoms with van der Waals surface area (Å²) in [6, 6.07) is 5.21. The number of nitrogens with one attached hydrogen (secondary N) is 1. The van der Waals surface area contributed by atoms with Gasteiger partial charge in [0.2, 0.25) is 6.79 Å². The van der Waals surface area contributed by atoms with Gasteiger partial charge >= 0.3 is 0 Å². The van der Waals surface area contributed by atoms with Crippen LogP contribution in [0.25, 0.3) is 0 Å². The van der Waals surface area contributed by atoms with E-state index in [1.807, 2.05) is 6.92 Å². The Hall–Kier alpha value is -2.28. The van der Waals surface area contributed by atoms with Gasteiger partial charge in [0.05, 0.1) is 6.61 Å². The van der Waals surface area contributed by atoms with Crippen LogP contribution in [0.1, 0.15) is 23.7 Å². The van der Waals surface area contributed by atoms with E-state index in [2.05, 4.69) is 10.3 Å². The number of hydrogen-bond donors (Lipinski definition) is 1. The normalized spacial score (nSPS) is 13.1. The highest BCUT2D eigenvalue weighted by atomic mass is 16.7. The number of rotatable bonds is 6. The number of amidine groups is 1. The molecule has 2 rings (SSSR count). The molecule has 0 unspecified atom stereocenters. The van der Waals surface area contributed by atoms with Gasteiger partial charge in [-0.15, -0.1) is 0 Å². The first kappa shape index (κ1) is 16.1. The molecule has 1 amide bonds. The average molecular weight is 308 g/mol. The Morgan fingerprint density at radius 1 is 1.36 bits per heavy atom. The first-order valence-electron chi connectivity index (χ1n) is 7.11. The van der Waals surface area contributed by atoms with Gasteiger partial charge in [-0.25, -0.2) is 4.99 Å². The fourth-order valence-electron chi connectivity index (χ4n) is 1.85. The highest BCUT2D eigenvalue weighted by Crippen LogP contribution is 2.32. The van der Waals surface area contributed by atoms with Gasteiger partial charge in [0.15, 0.2) is 11.5 Å². The molecule has 7 heteroatoms. The van der Waals surface area contributed by atoms with Crippen molar-refractivity contribution in [2.24, 2.45) is 4.99 Å². The molecule has 120 valence electrons. The van der Waals surface area contributed by atoms with E-state index in [1.54, 1.807) is 25.3 Å². The van der Waals surface area contributed by atoms with Crippen molar-refractivity contribution in [3.63, 3.8) is 0 Å². The molecule has 0 aliphatic carbocycles. The third kappa shape index (κ3) is 4.36. The number of nitrogens with zero attached hydrogens (tertiary/aromatic N) is 1. The second kappa shape index (κ2) is 8.23. The molecule has 0 atom stereocenters. The third-order valence-electron chi connectivity index (χ3n) is 2.90. The Balaban J connectivity index is 1.98. The summed E-state index contributed by atoms with van der Waals surface area (Å²) >= 11 is 0. The molecule has 0 spiro atoms. The molecule has 1 aliphatic rings. The van der Waals surface area contributed by atoms with Crippen molar-refractivity contribution in [2.45, 2.75) is 13.3 Å². The number of carbonyl (C=O) groups is 1. The van der Waals surface area contributed by atoms with E-state index in [4.69, 9.17) is 18.9 Å². The Morgan fingerprint density at radius 2 is 2.18 bits per heavy atom. The van der Waals surface area contributed by atoms with Crippen molar-refractivity contribution >= 4 is 11.9 Å². The lowest BCUT2D eigenvalue weighted by atomic mass is 10.2. The number of amides is 1. The number of carbonyl (C=O) groups excluding carboxylic acids is 1. The minimum atomic E-state index is -0.308. The molecular weight excluding hydrogens is 288 g/mol. The zero-order chi connectivity index (χ0) is 15.8. The van der Waals surface area contributed by atoms with Crippen LogP contribution in [0, 0.1) is 0 Å². The number of fused-ring (bicyclic) bond motifs is 1. The Kier molecular flexibility index (Phi) is 6.02. The largest absolute Gasteiger partial charge is 0.465 e. The highest BCUT2D eigenvalue weighted by molar-refractivity contribution is 6.04. The van der Waals surface area contributed by atoms with E-state index in [1.165, 1.54) is 0 Å². The molecule has 0 fully saturated rings. The average Bonchev–Trinajstić information content (AvgIpc) is 2.99. The highest BCUT2D eigenvalue weighted by Gasteiger charge is 2.17. The van der Waals surface area contributed by atoms with Crippen molar-refractivity contribution < 1.29 is 23.7 Å². The summed E-state index contributed by atoms with van der Waals surface area (Å²) in [5, 5.41) is 2.65. The third-order valence-corrected chi connectivity index (χ3v) is 2.90. The van der Waals surface area contributed by atoms with E-state index in [9.17, 15) is 4.79 Å². The van der Waals surface area contributed by atoms with Crippen LogP contribution in [0.4, 0.5) is 0 Å². The van der Waals surface area contributed by atoms with E-state index in [-0.39, 0.29) is 18.7 Å². The monoisotopic (exact) mass is 308 g/mol. The first-order chi connectivity index (χ1) is 10.7. The Morgan fingerprint density at radius 3 is 2.95 bits per heavy atom. The first-order valence-corrected chi connectivity index (χ1v) is 7.11. The molecule has 0 bridgehead atoms. The fourth-order valence-corrected chi connectivity index (χ4v) is 1.85. The standard InChI is InChI=1S/C15H20N2O5/c1-3-20-15(16-7-4-8-19-2)17-14(18)11-5-6-12-13(9-11)22-10-21-12/h5-6,9H,3-4,7-8,10H2,1-2H3,(H,16,17,18). The lowest BCUT2D eigenvalue weighted by Crippen LogP contribution is -2.32. The summed E-state index contributed by atoms with van der Waals surface area (Å²) in [5.41, 5.74) is 0.452. The maximum Gasteiger partial charge on any atom is 0.291 e. The summed E-state index contributed by atoms with van der Waals surface area (Å²) < 4.78 is 20.8. The number of methoxy groups -OCH3 is 1. The lowest BCUT2D eigenvalue weighted by molar-refractivity contribution is 0.0965. The van der Waals surface area contributed by atoms with Crippen molar-refractivity contribution in [1.82, 2.24) is 5.32 Å². The van der Waals surface area contributed by atoms with E-state index < -0.39 is 0 Å². The molecule has 7 nitrogen and oxygen atoms in total. The maximum atomic E-state index is 12.2. The number of hydrogen-bond acceptors (Lipinski definition) is 6. The van der Waals surface area contributed by atoms with Gasteiger partial charge in [0.1, 0.15) is 0 Å². The van der Waals surface area contributed by atoms with Gasteiger partial charge in [-0.2, -0.15) is 0 Å². The second-order valence-corrected chi connectivity index (χ2v) is 4.49. The zero-order valence-electron chi connectivity index (χ0n) is 12.8. The van der Waals surface area contributed by atoms with E-state index in [0.29, 0.717) is 36.8 Å². The minimum Gasteiger partial charge on any atom is -0.465 e. The predicted molar refractivity (Wildman–Crippen MR) is 80.5 cm³/mol. The Bertz CT molecular complexity index is 545. The van der Waals surface area contributed by atoms with Crippen LogP contribution < -0.4 is 14.8 Å². The van der Waals surface area contributed by atoms with Crippen LogP contribution in [0.2, 0.25) is 0 Å². The Labute approximate surface area is 129 Å². The van der Waals surface area contributed by atoms with Crippen LogP contribution in [0.5, 0.6) is 11.5 Å². The predicted octanol–water partition coefficient (Wildman–Crippen LogP) is 1.57. The molecule has 22 heavy (non-hydrogen) atoms. The SMILES string of the molecule is CCOC(=NCCCOC)NC(=O)c1ccc2c(c1)OCO2. The number of ether oxygens (including phenoxy) is 4. The van der Waals surface area contributed by atoms with E-state index in [0.717, 1.165) is 6.42 Å². The molecule has 1 aliphatic heterocycles. The van der Waals surface area contributed by atoms with Crippen molar-refractivity contribution in [3.05, 3.63) is 23.8 Å². The van der Waals surface area contributed by atoms with Crippen molar-refractivity contribution in [2.75, 3.05) is 33.7 Å². The maximum absolute atomic E-state index is 12.2. The quantitative estimate of drug-likeness (QED) is 0.490. The summed E-state index contributed by atoms with van der Waals surface area (Å²) in [4.78, 5) is 16.4. The van der Waals surface area contributed by atoms with Gasteiger partial charge in [-0.05, 0) is 31.5 Å². The molecule has 0 saturated heterocycles. The topological polar surface area (TPSA) is 78.4 Å². The van der Waals surface area contributed by atoms with Gasteiger partial charge in [0.25, 0.3) is 11.9 Å². The number of benzene rings is 1. The van der Waals surface area contributed by atoms with Crippen LogP contribution in [0.15, 0.2) is 23.2 Å². The summed E-state index contributed by atoms with van der Waals surface area (Å²) in [7, 11) is 1.63. The lowest BCUT2D eigenvalue weighted by Gasteiger charge is -2.09. The van der Waals surface area contributed by atoms with Gasteiger partial charge in [0, 0.05) is 25.8 Å². The molecule has 1 heterocycles. The summed E-state index contributed by atoms with van der Waals surface area (Å²) in [6.07, 6.45) is 0.757.